The fourth-order valence-corrected chi connectivity index (χ4v) is 3.05. The first-order valence-electron chi connectivity index (χ1n) is 5.93. The van der Waals surface area contributed by atoms with Crippen LogP contribution in [0.1, 0.15) is 19.3 Å². The summed E-state index contributed by atoms with van der Waals surface area (Å²) in [6.07, 6.45) is 2.66. The second kappa shape index (κ2) is 5.54. The van der Waals surface area contributed by atoms with Crippen molar-refractivity contribution in [3.8, 4) is 5.75 Å². The van der Waals surface area contributed by atoms with Crippen LogP contribution in [0.2, 0.25) is 0 Å². The van der Waals surface area contributed by atoms with Gasteiger partial charge in [0.2, 0.25) is 0 Å². The maximum absolute atomic E-state index is 11.9. The predicted molar refractivity (Wildman–Crippen MR) is 68.1 cm³/mol. The van der Waals surface area contributed by atoms with Crippen molar-refractivity contribution in [1.29, 1.82) is 0 Å². The molecule has 1 aromatic carbocycles. The summed E-state index contributed by atoms with van der Waals surface area (Å²) in [5, 5.41) is 10.5. The highest BCUT2D eigenvalue weighted by Crippen LogP contribution is 2.21. The van der Waals surface area contributed by atoms with Gasteiger partial charge in [0, 0.05) is 25.2 Å². The van der Waals surface area contributed by atoms with E-state index in [1.54, 1.807) is 0 Å². The lowest BCUT2D eigenvalue weighted by molar-refractivity contribution is -0.384. The molecule has 0 N–H and O–H groups in total. The van der Waals surface area contributed by atoms with E-state index < -0.39 is 15.2 Å². The maximum atomic E-state index is 11.9. The highest BCUT2D eigenvalue weighted by atomic mass is 32.2. The van der Waals surface area contributed by atoms with E-state index in [9.17, 15) is 18.5 Å². The lowest BCUT2D eigenvalue weighted by Crippen LogP contribution is -2.38. The van der Waals surface area contributed by atoms with Crippen LogP contribution in [-0.4, -0.2) is 30.7 Å². The Morgan fingerprint density at radius 2 is 1.68 bits per heavy atom. The van der Waals surface area contributed by atoms with Crippen LogP contribution in [0.15, 0.2) is 24.3 Å². The number of hydrogen-bond acceptors (Lipinski definition) is 5. The van der Waals surface area contributed by atoms with Crippen LogP contribution in [0.4, 0.5) is 5.69 Å². The first kappa shape index (κ1) is 13.8. The van der Waals surface area contributed by atoms with Crippen molar-refractivity contribution in [2.24, 2.45) is 0 Å². The lowest BCUT2D eigenvalue weighted by Gasteiger charge is -2.24. The van der Waals surface area contributed by atoms with Crippen molar-refractivity contribution in [3.05, 3.63) is 34.4 Å². The van der Waals surface area contributed by atoms with Gasteiger partial charge in [-0.05, 0) is 25.0 Å². The van der Waals surface area contributed by atoms with Crippen LogP contribution >= 0.6 is 0 Å². The van der Waals surface area contributed by atoms with Crippen molar-refractivity contribution >= 4 is 16.0 Å². The minimum absolute atomic E-state index is 0.0798. The molecule has 0 radical (unpaired) electrons. The van der Waals surface area contributed by atoms with E-state index in [2.05, 4.69) is 0 Å². The topological polar surface area (TPSA) is 89.7 Å². The van der Waals surface area contributed by atoms with Crippen molar-refractivity contribution in [2.45, 2.75) is 19.3 Å². The second-order valence-corrected chi connectivity index (χ2v) is 5.79. The Kier molecular flexibility index (Phi) is 4.01. The first-order chi connectivity index (χ1) is 8.99. The molecule has 8 heteroatoms. The molecular formula is C11H14N2O5S. The third kappa shape index (κ3) is 3.42. The fraction of sp³-hybridized carbons (Fsp3) is 0.455. The second-order valence-electron chi connectivity index (χ2n) is 4.25. The number of non-ortho nitro benzene ring substituents is 1. The van der Waals surface area contributed by atoms with Gasteiger partial charge in [0.15, 0.2) is 0 Å². The maximum Gasteiger partial charge on any atom is 0.385 e. The molecule has 0 atom stereocenters. The molecule has 1 saturated heterocycles. The van der Waals surface area contributed by atoms with E-state index in [4.69, 9.17) is 4.18 Å². The molecule has 0 saturated carbocycles. The van der Waals surface area contributed by atoms with Crippen LogP contribution in [0.5, 0.6) is 5.75 Å². The molecule has 1 fully saturated rings. The Morgan fingerprint density at radius 3 is 2.21 bits per heavy atom. The highest BCUT2D eigenvalue weighted by Gasteiger charge is 2.25. The molecule has 0 aliphatic carbocycles. The van der Waals surface area contributed by atoms with Gasteiger partial charge in [0.1, 0.15) is 5.75 Å². The zero-order valence-electron chi connectivity index (χ0n) is 10.2. The molecule has 0 unspecified atom stereocenters. The Hall–Kier alpha value is -1.67. The van der Waals surface area contributed by atoms with Gasteiger partial charge in [-0.15, -0.1) is 0 Å². The van der Waals surface area contributed by atoms with Gasteiger partial charge in [0.25, 0.3) is 5.69 Å². The molecule has 1 aliphatic rings. The molecule has 0 spiro atoms. The molecule has 19 heavy (non-hydrogen) atoms. The number of rotatable bonds is 4. The lowest BCUT2D eigenvalue weighted by atomic mass is 10.2. The standard InChI is InChI=1S/C11H14N2O5S/c14-13(15)10-4-6-11(7-5-10)18-19(16,17)12-8-2-1-3-9-12/h4-7H,1-3,8-9H2. The van der Waals surface area contributed by atoms with Crippen LogP contribution in [-0.2, 0) is 10.3 Å². The van der Waals surface area contributed by atoms with Crippen molar-refractivity contribution < 1.29 is 17.5 Å². The van der Waals surface area contributed by atoms with Crippen molar-refractivity contribution in [3.63, 3.8) is 0 Å². The zero-order valence-corrected chi connectivity index (χ0v) is 11.0. The molecule has 0 amide bonds. The SMILES string of the molecule is O=[N+]([O-])c1ccc(OS(=O)(=O)N2CCCCC2)cc1. The zero-order chi connectivity index (χ0) is 13.9. The fourth-order valence-electron chi connectivity index (χ4n) is 1.89. The smallest absolute Gasteiger partial charge is 0.371 e. The van der Waals surface area contributed by atoms with E-state index in [1.807, 2.05) is 0 Å². The summed E-state index contributed by atoms with van der Waals surface area (Å²) in [4.78, 5) is 9.93. The van der Waals surface area contributed by atoms with E-state index in [1.165, 1.54) is 28.6 Å². The number of benzene rings is 1. The molecule has 104 valence electrons. The Morgan fingerprint density at radius 1 is 1.11 bits per heavy atom. The minimum atomic E-state index is -3.81. The molecule has 0 aromatic heterocycles. The molecule has 0 bridgehead atoms. The molecule has 1 heterocycles. The number of piperidine rings is 1. The van der Waals surface area contributed by atoms with Crippen LogP contribution in [0.25, 0.3) is 0 Å². The molecule has 7 nitrogen and oxygen atoms in total. The Labute approximate surface area is 111 Å². The summed E-state index contributed by atoms with van der Waals surface area (Å²) in [7, 11) is -3.81. The number of hydrogen-bond donors (Lipinski definition) is 0. The highest BCUT2D eigenvalue weighted by molar-refractivity contribution is 7.84. The average Bonchev–Trinajstić information content (AvgIpc) is 2.40. The normalized spacial score (nSPS) is 17.1. The molecule has 1 aromatic rings. The number of nitrogens with zero attached hydrogens (tertiary/aromatic N) is 2. The van der Waals surface area contributed by atoms with Gasteiger partial charge < -0.3 is 4.18 Å². The molecule has 1 aliphatic heterocycles. The van der Waals surface area contributed by atoms with Gasteiger partial charge in [0.05, 0.1) is 4.92 Å². The quantitative estimate of drug-likeness (QED) is 0.620. The summed E-state index contributed by atoms with van der Waals surface area (Å²) in [5.74, 6) is 0.0798. The summed E-state index contributed by atoms with van der Waals surface area (Å²) >= 11 is 0. The third-order valence-electron chi connectivity index (χ3n) is 2.88. The monoisotopic (exact) mass is 286 g/mol. The van der Waals surface area contributed by atoms with Gasteiger partial charge in [-0.1, -0.05) is 6.42 Å². The minimum Gasteiger partial charge on any atom is -0.371 e. The third-order valence-corrected chi connectivity index (χ3v) is 4.28. The summed E-state index contributed by atoms with van der Waals surface area (Å²) in [6.45, 7) is 0.907. The first-order valence-corrected chi connectivity index (χ1v) is 7.29. The van der Waals surface area contributed by atoms with Crippen molar-refractivity contribution in [2.75, 3.05) is 13.1 Å². The summed E-state index contributed by atoms with van der Waals surface area (Å²) in [6, 6.07) is 4.97. The number of nitro groups is 1. The Bertz CT molecular complexity index is 549. The van der Waals surface area contributed by atoms with Gasteiger partial charge in [-0.2, -0.15) is 12.7 Å². The van der Waals surface area contributed by atoms with Gasteiger partial charge in [-0.25, -0.2) is 0 Å². The van der Waals surface area contributed by atoms with E-state index in [-0.39, 0.29) is 11.4 Å². The van der Waals surface area contributed by atoms with Crippen molar-refractivity contribution in [1.82, 2.24) is 4.31 Å². The molecule has 2 rings (SSSR count). The largest absolute Gasteiger partial charge is 0.385 e. The summed E-state index contributed by atoms with van der Waals surface area (Å²) in [5.41, 5.74) is -0.109. The van der Waals surface area contributed by atoms with E-state index in [0.717, 1.165) is 19.3 Å². The van der Waals surface area contributed by atoms with Gasteiger partial charge in [-0.3, -0.25) is 10.1 Å². The van der Waals surface area contributed by atoms with Crippen LogP contribution in [0.3, 0.4) is 0 Å². The Balaban J connectivity index is 2.09. The summed E-state index contributed by atoms with van der Waals surface area (Å²) < 4.78 is 30.1. The van der Waals surface area contributed by atoms with Crippen LogP contribution < -0.4 is 4.18 Å². The average molecular weight is 286 g/mol. The predicted octanol–water partition coefficient (Wildman–Crippen LogP) is 1.70. The van der Waals surface area contributed by atoms with Gasteiger partial charge >= 0.3 is 10.3 Å². The number of nitro benzene ring substituents is 1. The van der Waals surface area contributed by atoms with E-state index in [0.29, 0.717) is 13.1 Å². The van der Waals surface area contributed by atoms with E-state index >= 15 is 0 Å². The van der Waals surface area contributed by atoms with Crippen LogP contribution in [0, 0.1) is 10.1 Å². The molecular weight excluding hydrogens is 272 g/mol.